The fourth-order valence-electron chi connectivity index (χ4n) is 3.48. The minimum Gasteiger partial charge on any atom is -0.469 e. The van der Waals surface area contributed by atoms with Crippen LogP contribution in [-0.2, 0) is 16.0 Å². The normalized spacial score (nSPS) is 20.6. The van der Waals surface area contributed by atoms with Crippen molar-refractivity contribution in [1.29, 1.82) is 0 Å². The van der Waals surface area contributed by atoms with Crippen LogP contribution in [0.15, 0.2) is 18.2 Å². The van der Waals surface area contributed by atoms with Crippen molar-refractivity contribution in [3.8, 4) is 0 Å². The van der Waals surface area contributed by atoms with E-state index in [1.165, 1.54) is 23.8 Å². The number of rotatable bonds is 4. The molecule has 1 N–H and O–H groups in total. The Labute approximate surface area is 144 Å². The predicted octanol–water partition coefficient (Wildman–Crippen LogP) is 2.69. The van der Waals surface area contributed by atoms with Gasteiger partial charge >= 0.3 is 12.0 Å². The molecule has 132 valence electrons. The smallest absolute Gasteiger partial charge is 0.317 e. The number of ether oxygens (including phenoxy) is 1. The second-order valence-electron chi connectivity index (χ2n) is 6.69. The summed E-state index contributed by atoms with van der Waals surface area (Å²) >= 11 is 0. The van der Waals surface area contributed by atoms with E-state index in [9.17, 15) is 9.59 Å². The summed E-state index contributed by atoms with van der Waals surface area (Å²) in [6, 6.07) is 6.21. The lowest BCUT2D eigenvalue weighted by Gasteiger charge is -2.35. The van der Waals surface area contributed by atoms with Gasteiger partial charge < -0.3 is 15.0 Å². The second-order valence-corrected chi connectivity index (χ2v) is 6.69. The molecule has 5 heteroatoms. The lowest BCUT2D eigenvalue weighted by Crippen LogP contribution is -2.49. The summed E-state index contributed by atoms with van der Waals surface area (Å²) in [5.74, 6) is -0.151. The van der Waals surface area contributed by atoms with Crippen LogP contribution in [0.5, 0.6) is 0 Å². The fourth-order valence-corrected chi connectivity index (χ4v) is 3.48. The van der Waals surface area contributed by atoms with Gasteiger partial charge in [-0.25, -0.2) is 4.79 Å². The second kappa shape index (κ2) is 8.18. The number of amides is 2. The van der Waals surface area contributed by atoms with Gasteiger partial charge in [0.05, 0.1) is 13.0 Å². The Morgan fingerprint density at radius 3 is 2.54 bits per heavy atom. The monoisotopic (exact) mass is 332 g/mol. The number of hydrogen-bond donors (Lipinski definition) is 1. The highest BCUT2D eigenvalue weighted by Gasteiger charge is 2.33. The lowest BCUT2D eigenvalue weighted by atomic mass is 9.87. The number of esters is 1. The first-order chi connectivity index (χ1) is 11.4. The molecule has 1 aliphatic rings. The first-order valence-electron chi connectivity index (χ1n) is 8.59. The molecule has 1 aromatic rings. The van der Waals surface area contributed by atoms with E-state index in [0.717, 1.165) is 6.42 Å². The largest absolute Gasteiger partial charge is 0.469 e. The highest BCUT2D eigenvalue weighted by molar-refractivity contribution is 5.76. The summed E-state index contributed by atoms with van der Waals surface area (Å²) in [6.45, 7) is 8.01. The molecule has 5 nitrogen and oxygen atoms in total. The number of nitrogens with zero attached hydrogens (tertiary/aromatic N) is 1. The third kappa shape index (κ3) is 4.28. The maximum absolute atomic E-state index is 12.3. The highest BCUT2D eigenvalue weighted by atomic mass is 16.5. The Morgan fingerprint density at radius 2 is 1.96 bits per heavy atom. The third-order valence-corrected chi connectivity index (χ3v) is 4.99. The molecule has 2 rings (SSSR count). The summed E-state index contributed by atoms with van der Waals surface area (Å²) < 4.78 is 4.83. The number of carbonyl (C=O) groups excluding carboxylic acids is 2. The first kappa shape index (κ1) is 18.3. The van der Waals surface area contributed by atoms with Gasteiger partial charge in [-0.1, -0.05) is 25.1 Å². The molecule has 24 heavy (non-hydrogen) atoms. The minimum atomic E-state index is -0.169. The fraction of sp³-hybridized carbons (Fsp3) is 0.579. The van der Waals surface area contributed by atoms with Gasteiger partial charge in [-0.3, -0.25) is 4.79 Å². The average Bonchev–Trinajstić information content (AvgIpc) is 2.56. The van der Waals surface area contributed by atoms with Gasteiger partial charge in [-0.05, 0) is 49.3 Å². The van der Waals surface area contributed by atoms with Crippen molar-refractivity contribution in [3.05, 3.63) is 34.9 Å². The van der Waals surface area contributed by atoms with Crippen LogP contribution in [0, 0.1) is 25.7 Å². The van der Waals surface area contributed by atoms with Crippen molar-refractivity contribution in [2.24, 2.45) is 11.8 Å². The summed E-state index contributed by atoms with van der Waals surface area (Å²) in [5, 5.41) is 3.00. The van der Waals surface area contributed by atoms with Gasteiger partial charge in [0.1, 0.15) is 0 Å². The van der Waals surface area contributed by atoms with Crippen molar-refractivity contribution in [3.63, 3.8) is 0 Å². The van der Waals surface area contributed by atoms with Gasteiger partial charge in [0.25, 0.3) is 0 Å². The van der Waals surface area contributed by atoms with Crippen molar-refractivity contribution >= 4 is 12.0 Å². The van der Waals surface area contributed by atoms with Crippen molar-refractivity contribution in [2.75, 3.05) is 26.7 Å². The van der Waals surface area contributed by atoms with Crippen LogP contribution in [-0.4, -0.2) is 43.6 Å². The maximum atomic E-state index is 12.3. The van der Waals surface area contributed by atoms with Gasteiger partial charge in [0.2, 0.25) is 0 Å². The zero-order valence-corrected chi connectivity index (χ0v) is 15.1. The molecule has 1 fully saturated rings. The summed E-state index contributed by atoms with van der Waals surface area (Å²) in [5.41, 5.74) is 3.82. The van der Waals surface area contributed by atoms with E-state index in [1.54, 1.807) is 4.90 Å². The number of urea groups is 1. The number of benzene rings is 1. The molecule has 0 aromatic heterocycles. The number of aryl methyl sites for hydroxylation is 2. The Morgan fingerprint density at radius 1 is 1.29 bits per heavy atom. The Balaban J connectivity index is 1.82. The Hall–Kier alpha value is -2.04. The minimum absolute atomic E-state index is 0.0450. The standard InChI is InChI=1S/C19H28N2O3/c1-13-6-5-7-14(2)16(13)8-10-20-19(23)21-11-9-17(15(3)12-21)18(22)24-4/h5-7,15,17H,8-12H2,1-4H3,(H,20,23)/t15-,17+/m0/s1. The first-order valence-corrected chi connectivity index (χ1v) is 8.59. The van der Waals surface area contributed by atoms with Crippen LogP contribution >= 0.6 is 0 Å². The molecule has 0 aliphatic carbocycles. The van der Waals surface area contributed by atoms with Crippen LogP contribution in [0.1, 0.15) is 30.0 Å². The molecule has 2 atom stereocenters. The highest BCUT2D eigenvalue weighted by Crippen LogP contribution is 2.24. The summed E-state index contributed by atoms with van der Waals surface area (Å²) in [4.78, 5) is 25.9. The number of likely N-dealkylation sites (tertiary alicyclic amines) is 1. The zero-order valence-electron chi connectivity index (χ0n) is 15.1. The van der Waals surface area contributed by atoms with E-state index in [0.29, 0.717) is 26.1 Å². The van der Waals surface area contributed by atoms with Crippen LogP contribution in [0.4, 0.5) is 4.79 Å². The molecule has 0 bridgehead atoms. The van der Waals surface area contributed by atoms with Crippen molar-refractivity contribution in [2.45, 2.75) is 33.6 Å². The van der Waals surface area contributed by atoms with E-state index < -0.39 is 0 Å². The number of nitrogens with one attached hydrogen (secondary N) is 1. The molecular formula is C19H28N2O3. The summed E-state index contributed by atoms with van der Waals surface area (Å²) in [7, 11) is 1.42. The van der Waals surface area contributed by atoms with E-state index in [4.69, 9.17) is 4.74 Å². The average molecular weight is 332 g/mol. The van der Waals surface area contributed by atoms with Gasteiger partial charge in [0.15, 0.2) is 0 Å². The predicted molar refractivity (Wildman–Crippen MR) is 93.9 cm³/mol. The molecule has 0 saturated carbocycles. The molecule has 1 aromatic carbocycles. The van der Waals surface area contributed by atoms with E-state index in [2.05, 4.69) is 37.4 Å². The van der Waals surface area contributed by atoms with Crippen molar-refractivity contribution in [1.82, 2.24) is 10.2 Å². The molecule has 1 heterocycles. The van der Waals surface area contributed by atoms with Gasteiger partial charge in [0, 0.05) is 19.6 Å². The number of hydrogen-bond acceptors (Lipinski definition) is 3. The van der Waals surface area contributed by atoms with Gasteiger partial charge in [-0.2, -0.15) is 0 Å². The zero-order chi connectivity index (χ0) is 17.7. The van der Waals surface area contributed by atoms with E-state index >= 15 is 0 Å². The van der Waals surface area contributed by atoms with Gasteiger partial charge in [-0.15, -0.1) is 0 Å². The maximum Gasteiger partial charge on any atom is 0.317 e. The van der Waals surface area contributed by atoms with Crippen LogP contribution in [0.3, 0.4) is 0 Å². The Kier molecular flexibility index (Phi) is 6.23. The van der Waals surface area contributed by atoms with E-state index in [1.807, 2.05) is 6.92 Å². The molecule has 1 aliphatic heterocycles. The third-order valence-electron chi connectivity index (χ3n) is 4.99. The molecular weight excluding hydrogens is 304 g/mol. The summed E-state index contributed by atoms with van der Waals surface area (Å²) in [6.07, 6.45) is 1.50. The van der Waals surface area contributed by atoms with Crippen LogP contribution in [0.2, 0.25) is 0 Å². The quantitative estimate of drug-likeness (QED) is 0.863. The SMILES string of the molecule is COC(=O)[C@@H]1CCN(C(=O)NCCc2c(C)cccc2C)C[C@@H]1C. The Bertz CT molecular complexity index is 580. The lowest BCUT2D eigenvalue weighted by molar-refractivity contribution is -0.148. The van der Waals surface area contributed by atoms with Crippen LogP contribution < -0.4 is 5.32 Å². The molecule has 2 amide bonds. The number of piperidine rings is 1. The topological polar surface area (TPSA) is 58.6 Å². The number of carbonyl (C=O) groups is 2. The molecule has 0 radical (unpaired) electrons. The number of methoxy groups -OCH3 is 1. The van der Waals surface area contributed by atoms with E-state index in [-0.39, 0.29) is 23.8 Å². The van der Waals surface area contributed by atoms with Crippen molar-refractivity contribution < 1.29 is 14.3 Å². The molecule has 0 spiro atoms. The molecule has 0 unspecified atom stereocenters. The van der Waals surface area contributed by atoms with Crippen LogP contribution in [0.25, 0.3) is 0 Å². The molecule has 1 saturated heterocycles.